The number of thiophene rings is 1. The van der Waals surface area contributed by atoms with Crippen LogP contribution in [0.4, 0.5) is 0 Å². The Kier molecular flexibility index (Phi) is 3.95. The molecule has 7 nitrogen and oxygen atoms in total. The van der Waals surface area contributed by atoms with Gasteiger partial charge < -0.3 is 4.90 Å². The van der Waals surface area contributed by atoms with Crippen molar-refractivity contribution in [1.29, 1.82) is 0 Å². The quantitative estimate of drug-likeness (QED) is 0.910. The molecule has 1 aliphatic heterocycles. The van der Waals surface area contributed by atoms with Crippen molar-refractivity contribution in [3.05, 3.63) is 27.2 Å². The third-order valence-corrected chi connectivity index (χ3v) is 4.42. The zero-order valence-electron chi connectivity index (χ0n) is 10.6. The molecule has 0 atom stereocenters. The van der Waals surface area contributed by atoms with Crippen molar-refractivity contribution in [2.45, 2.75) is 6.54 Å². The summed E-state index contributed by atoms with van der Waals surface area (Å²) in [6.07, 6.45) is 0. The first kappa shape index (κ1) is 13.5. The van der Waals surface area contributed by atoms with Gasteiger partial charge in [-0.15, -0.1) is 21.5 Å². The lowest BCUT2D eigenvalue weighted by molar-refractivity contribution is 0.0617. The number of H-pyrrole nitrogens is 1. The number of tetrazole rings is 1. The van der Waals surface area contributed by atoms with Crippen LogP contribution >= 0.6 is 22.9 Å². The van der Waals surface area contributed by atoms with E-state index in [0.29, 0.717) is 13.1 Å². The molecule has 0 spiro atoms. The van der Waals surface area contributed by atoms with E-state index in [1.54, 1.807) is 16.2 Å². The van der Waals surface area contributed by atoms with Crippen LogP contribution in [0.25, 0.3) is 0 Å². The molecule has 3 heterocycles. The number of hydrogen-bond acceptors (Lipinski definition) is 6. The number of hydrogen-bond donors (Lipinski definition) is 1. The highest BCUT2D eigenvalue weighted by molar-refractivity contribution is 7.16. The molecule has 9 heteroatoms. The van der Waals surface area contributed by atoms with Crippen molar-refractivity contribution >= 4 is 28.8 Å². The standard InChI is InChI=1S/C11H13ClN6OS/c12-9-2-1-8(20-9)7-17-3-5-18(6-4-17)11(19)10-13-15-16-14-10/h1-2H,3-7H2,(H,13,14,15,16). The molecule has 20 heavy (non-hydrogen) atoms. The van der Waals surface area contributed by atoms with Gasteiger partial charge >= 0.3 is 0 Å². The number of halogens is 1. The van der Waals surface area contributed by atoms with Crippen molar-refractivity contribution in [3.63, 3.8) is 0 Å². The van der Waals surface area contributed by atoms with Crippen LogP contribution in [0.1, 0.15) is 15.5 Å². The summed E-state index contributed by atoms with van der Waals surface area (Å²) in [6.45, 7) is 3.89. The lowest BCUT2D eigenvalue weighted by atomic mass is 10.3. The fourth-order valence-electron chi connectivity index (χ4n) is 2.16. The Bertz CT molecular complexity index is 578. The van der Waals surface area contributed by atoms with Crippen LogP contribution in [0.2, 0.25) is 4.34 Å². The van der Waals surface area contributed by atoms with E-state index in [1.165, 1.54) is 4.88 Å². The van der Waals surface area contributed by atoms with Crippen molar-refractivity contribution < 1.29 is 4.79 Å². The Morgan fingerprint density at radius 2 is 2.15 bits per heavy atom. The zero-order valence-corrected chi connectivity index (χ0v) is 12.2. The van der Waals surface area contributed by atoms with Gasteiger partial charge in [0.15, 0.2) is 0 Å². The van der Waals surface area contributed by atoms with Gasteiger partial charge in [-0.05, 0) is 17.3 Å². The number of amides is 1. The molecule has 2 aromatic rings. The fraction of sp³-hybridized carbons (Fsp3) is 0.455. The average Bonchev–Trinajstić information content (AvgIpc) is 3.11. The predicted octanol–water partition coefficient (Wildman–Crippen LogP) is 0.873. The number of aromatic amines is 1. The van der Waals surface area contributed by atoms with Crippen LogP contribution in [0.15, 0.2) is 12.1 Å². The van der Waals surface area contributed by atoms with E-state index in [4.69, 9.17) is 11.6 Å². The second-order valence-electron chi connectivity index (χ2n) is 4.51. The lowest BCUT2D eigenvalue weighted by Gasteiger charge is -2.33. The summed E-state index contributed by atoms with van der Waals surface area (Å²) < 4.78 is 0.811. The third-order valence-electron chi connectivity index (χ3n) is 3.20. The van der Waals surface area contributed by atoms with Gasteiger partial charge in [0.05, 0.1) is 4.34 Å². The molecule has 0 radical (unpaired) electrons. The molecule has 0 unspecified atom stereocenters. The molecule has 0 aromatic carbocycles. The number of nitrogens with zero attached hydrogens (tertiary/aromatic N) is 5. The van der Waals surface area contributed by atoms with Gasteiger partial charge in [0, 0.05) is 37.6 Å². The lowest BCUT2D eigenvalue weighted by Crippen LogP contribution is -2.48. The van der Waals surface area contributed by atoms with Crippen LogP contribution < -0.4 is 0 Å². The molecule has 1 N–H and O–H groups in total. The van der Waals surface area contributed by atoms with Crippen LogP contribution in [0.3, 0.4) is 0 Å². The smallest absolute Gasteiger partial charge is 0.295 e. The van der Waals surface area contributed by atoms with Gasteiger partial charge in [-0.3, -0.25) is 9.69 Å². The molecule has 106 valence electrons. The van der Waals surface area contributed by atoms with E-state index >= 15 is 0 Å². The van der Waals surface area contributed by atoms with Gasteiger partial charge in [-0.1, -0.05) is 11.6 Å². The monoisotopic (exact) mass is 312 g/mol. The molecule has 1 saturated heterocycles. The summed E-state index contributed by atoms with van der Waals surface area (Å²) in [6, 6.07) is 3.96. The van der Waals surface area contributed by atoms with Gasteiger partial charge in [-0.2, -0.15) is 5.21 Å². The van der Waals surface area contributed by atoms with E-state index in [-0.39, 0.29) is 11.7 Å². The second-order valence-corrected chi connectivity index (χ2v) is 6.31. The van der Waals surface area contributed by atoms with Crippen molar-refractivity contribution in [2.75, 3.05) is 26.2 Å². The second kappa shape index (κ2) is 5.86. The molecule has 1 amide bonds. The number of nitrogens with one attached hydrogen (secondary N) is 1. The van der Waals surface area contributed by atoms with E-state index < -0.39 is 0 Å². The fourth-order valence-corrected chi connectivity index (χ4v) is 3.29. The van der Waals surface area contributed by atoms with Gasteiger partial charge in [0.25, 0.3) is 11.7 Å². The summed E-state index contributed by atoms with van der Waals surface area (Å²) in [5, 5.41) is 13.1. The van der Waals surface area contributed by atoms with E-state index in [0.717, 1.165) is 24.0 Å². The Balaban J connectivity index is 1.53. The molecule has 0 bridgehead atoms. The first-order valence-electron chi connectivity index (χ1n) is 6.21. The highest BCUT2D eigenvalue weighted by Crippen LogP contribution is 2.23. The zero-order chi connectivity index (χ0) is 13.9. The first-order valence-corrected chi connectivity index (χ1v) is 7.41. The van der Waals surface area contributed by atoms with Gasteiger partial charge in [-0.25, -0.2) is 0 Å². The summed E-state index contributed by atoms with van der Waals surface area (Å²) in [7, 11) is 0. The van der Waals surface area contributed by atoms with Crippen LogP contribution in [0.5, 0.6) is 0 Å². The summed E-state index contributed by atoms with van der Waals surface area (Å²) >= 11 is 7.52. The van der Waals surface area contributed by atoms with E-state index in [9.17, 15) is 4.79 Å². The van der Waals surface area contributed by atoms with E-state index in [1.807, 2.05) is 12.1 Å². The maximum atomic E-state index is 12.0. The topological polar surface area (TPSA) is 78.0 Å². The van der Waals surface area contributed by atoms with Crippen LogP contribution in [0, 0.1) is 0 Å². The largest absolute Gasteiger partial charge is 0.333 e. The molecular weight excluding hydrogens is 300 g/mol. The third kappa shape index (κ3) is 2.97. The van der Waals surface area contributed by atoms with Crippen molar-refractivity contribution in [1.82, 2.24) is 30.4 Å². The number of rotatable bonds is 3. The van der Waals surface area contributed by atoms with Crippen molar-refractivity contribution in [2.24, 2.45) is 0 Å². The molecular formula is C11H13ClN6OS. The molecule has 1 aliphatic rings. The molecule has 0 aliphatic carbocycles. The summed E-state index contributed by atoms with van der Waals surface area (Å²) in [5.74, 6) is -0.0407. The first-order chi connectivity index (χ1) is 9.72. The maximum absolute atomic E-state index is 12.0. The molecule has 2 aromatic heterocycles. The molecule has 0 saturated carbocycles. The van der Waals surface area contributed by atoms with Gasteiger partial charge in [0.2, 0.25) is 0 Å². The molecule has 3 rings (SSSR count). The number of carbonyl (C=O) groups excluding carboxylic acids is 1. The number of aromatic nitrogens is 4. The van der Waals surface area contributed by atoms with Gasteiger partial charge in [0.1, 0.15) is 0 Å². The minimum Gasteiger partial charge on any atom is -0.333 e. The highest BCUT2D eigenvalue weighted by atomic mass is 35.5. The Morgan fingerprint density at radius 1 is 1.35 bits per heavy atom. The summed E-state index contributed by atoms with van der Waals surface area (Å²) in [5.41, 5.74) is 0. The highest BCUT2D eigenvalue weighted by Gasteiger charge is 2.24. The average molecular weight is 313 g/mol. The SMILES string of the molecule is O=C(c1nn[nH]n1)N1CCN(Cc2ccc(Cl)s2)CC1. The van der Waals surface area contributed by atoms with Crippen LogP contribution in [-0.4, -0.2) is 62.5 Å². The normalized spacial score (nSPS) is 16.6. The number of piperazine rings is 1. The Hall–Kier alpha value is -1.51. The van der Waals surface area contributed by atoms with Crippen molar-refractivity contribution in [3.8, 4) is 0 Å². The van der Waals surface area contributed by atoms with E-state index in [2.05, 4.69) is 25.5 Å². The van der Waals surface area contributed by atoms with Crippen LogP contribution in [-0.2, 0) is 6.54 Å². The minimum atomic E-state index is -0.169. The number of carbonyl (C=O) groups is 1. The predicted molar refractivity (Wildman–Crippen MR) is 74.7 cm³/mol. The Morgan fingerprint density at radius 3 is 2.75 bits per heavy atom. The summed E-state index contributed by atoms with van der Waals surface area (Å²) in [4.78, 5) is 17.3. The minimum absolute atomic E-state index is 0.128. The maximum Gasteiger partial charge on any atom is 0.295 e. The Labute approximate surface area is 124 Å². The molecule has 1 fully saturated rings.